The molecule has 8 heteroatoms. The number of sulfone groups is 1. The van der Waals surface area contributed by atoms with Crippen molar-refractivity contribution in [1.29, 1.82) is 0 Å². The highest BCUT2D eigenvalue weighted by Crippen LogP contribution is 2.38. The van der Waals surface area contributed by atoms with Crippen LogP contribution in [0.2, 0.25) is 0 Å². The van der Waals surface area contributed by atoms with Gasteiger partial charge in [-0.2, -0.15) is 13.2 Å². The van der Waals surface area contributed by atoms with Crippen LogP contribution in [-0.2, 0) is 21.3 Å². The molecular formula is C13H15BrF3NO2S. The van der Waals surface area contributed by atoms with Gasteiger partial charge in [-0.05, 0) is 24.6 Å². The van der Waals surface area contributed by atoms with Crippen molar-refractivity contribution >= 4 is 31.5 Å². The van der Waals surface area contributed by atoms with Gasteiger partial charge >= 0.3 is 6.18 Å². The number of anilines is 1. The van der Waals surface area contributed by atoms with Gasteiger partial charge in [0.05, 0.1) is 17.1 Å². The first kappa shape index (κ1) is 16.6. The van der Waals surface area contributed by atoms with E-state index in [1.165, 1.54) is 11.0 Å². The number of rotatable bonds is 2. The Morgan fingerprint density at radius 3 is 2.57 bits per heavy atom. The van der Waals surface area contributed by atoms with E-state index in [-0.39, 0.29) is 23.7 Å². The van der Waals surface area contributed by atoms with E-state index in [1.807, 2.05) is 0 Å². The minimum Gasteiger partial charge on any atom is -0.366 e. The molecule has 1 aromatic rings. The van der Waals surface area contributed by atoms with E-state index in [0.717, 1.165) is 6.07 Å². The van der Waals surface area contributed by atoms with Crippen molar-refractivity contribution in [2.45, 2.75) is 24.5 Å². The summed E-state index contributed by atoms with van der Waals surface area (Å²) in [5.74, 6) is -0.237. The molecule has 118 valence electrons. The van der Waals surface area contributed by atoms with Crippen molar-refractivity contribution in [2.75, 3.05) is 23.0 Å². The molecule has 1 fully saturated rings. The molecule has 3 nitrogen and oxygen atoms in total. The summed E-state index contributed by atoms with van der Waals surface area (Å²) >= 11 is 3.15. The van der Waals surface area contributed by atoms with E-state index in [1.54, 1.807) is 13.0 Å². The van der Waals surface area contributed by atoms with E-state index in [2.05, 4.69) is 15.9 Å². The zero-order chi connectivity index (χ0) is 15.8. The molecule has 1 atom stereocenters. The summed E-state index contributed by atoms with van der Waals surface area (Å²) in [5.41, 5.74) is -0.136. The predicted molar refractivity (Wildman–Crippen MR) is 79.5 cm³/mol. The van der Waals surface area contributed by atoms with Crippen LogP contribution in [0.4, 0.5) is 18.9 Å². The molecule has 0 amide bonds. The zero-order valence-corrected chi connectivity index (χ0v) is 13.7. The average Bonchev–Trinajstić information content (AvgIpc) is 2.36. The van der Waals surface area contributed by atoms with Crippen molar-refractivity contribution in [3.63, 3.8) is 0 Å². The van der Waals surface area contributed by atoms with Gasteiger partial charge in [-0.1, -0.05) is 22.0 Å². The lowest BCUT2D eigenvalue weighted by atomic mass is 10.1. The molecule has 0 radical (unpaired) electrons. The molecule has 1 heterocycles. The van der Waals surface area contributed by atoms with E-state index < -0.39 is 27.6 Å². The Morgan fingerprint density at radius 2 is 2.05 bits per heavy atom. The minimum atomic E-state index is -4.47. The molecule has 1 saturated heterocycles. The molecule has 1 aliphatic rings. The molecule has 1 aromatic carbocycles. The fraction of sp³-hybridized carbons (Fsp3) is 0.538. The number of hydrogen-bond acceptors (Lipinski definition) is 3. The summed E-state index contributed by atoms with van der Waals surface area (Å²) in [6.07, 6.45) is -4.47. The monoisotopic (exact) mass is 385 g/mol. The normalized spacial score (nSPS) is 22.3. The number of halogens is 4. The Morgan fingerprint density at radius 1 is 1.38 bits per heavy atom. The third-order valence-electron chi connectivity index (χ3n) is 3.50. The smallest absolute Gasteiger partial charge is 0.366 e. The molecule has 1 unspecified atom stereocenters. The second-order valence-corrected chi connectivity index (χ2v) is 7.93. The fourth-order valence-electron chi connectivity index (χ4n) is 2.50. The van der Waals surface area contributed by atoms with Crippen LogP contribution < -0.4 is 4.90 Å². The first-order valence-electron chi connectivity index (χ1n) is 6.37. The van der Waals surface area contributed by atoms with Gasteiger partial charge in [0, 0.05) is 23.6 Å². The largest absolute Gasteiger partial charge is 0.418 e. The number of nitrogens with zero attached hydrogens (tertiary/aromatic N) is 1. The second-order valence-electron chi connectivity index (χ2n) is 5.14. The highest BCUT2D eigenvalue weighted by atomic mass is 79.9. The summed E-state index contributed by atoms with van der Waals surface area (Å²) < 4.78 is 62.8. The number of hydrogen-bond donors (Lipinski definition) is 0. The Balaban J connectivity index is 2.44. The lowest BCUT2D eigenvalue weighted by molar-refractivity contribution is -0.137. The van der Waals surface area contributed by atoms with E-state index in [0.29, 0.717) is 10.9 Å². The lowest BCUT2D eigenvalue weighted by Gasteiger charge is -2.36. The van der Waals surface area contributed by atoms with Crippen molar-refractivity contribution in [2.24, 2.45) is 0 Å². The van der Waals surface area contributed by atoms with Crippen LogP contribution in [0.1, 0.15) is 18.1 Å². The summed E-state index contributed by atoms with van der Waals surface area (Å²) in [6, 6.07) is 3.68. The highest BCUT2D eigenvalue weighted by molar-refractivity contribution is 9.08. The van der Waals surface area contributed by atoms with Crippen molar-refractivity contribution in [3.8, 4) is 0 Å². The predicted octanol–water partition coefficient (Wildman–Crippen LogP) is 3.22. The Bertz CT molecular complexity index is 631. The first-order valence-corrected chi connectivity index (χ1v) is 9.31. The van der Waals surface area contributed by atoms with Gasteiger partial charge < -0.3 is 4.90 Å². The van der Waals surface area contributed by atoms with Gasteiger partial charge in [0.2, 0.25) is 0 Å². The minimum absolute atomic E-state index is 0.0506. The molecule has 21 heavy (non-hydrogen) atoms. The molecule has 0 aromatic heterocycles. The van der Waals surface area contributed by atoms with Gasteiger partial charge in [-0.25, -0.2) is 8.42 Å². The first-order chi connectivity index (χ1) is 9.64. The van der Waals surface area contributed by atoms with Crippen LogP contribution in [0, 0.1) is 0 Å². The van der Waals surface area contributed by atoms with Gasteiger partial charge in [-0.15, -0.1) is 0 Å². The van der Waals surface area contributed by atoms with Crippen LogP contribution in [0.3, 0.4) is 0 Å². The van der Waals surface area contributed by atoms with Crippen LogP contribution in [0.15, 0.2) is 18.2 Å². The molecule has 1 aliphatic heterocycles. The maximum absolute atomic E-state index is 13.2. The summed E-state index contributed by atoms with van der Waals surface area (Å²) in [6.45, 7) is 1.72. The molecule has 0 bridgehead atoms. The van der Waals surface area contributed by atoms with Gasteiger partial charge in [0.25, 0.3) is 0 Å². The van der Waals surface area contributed by atoms with E-state index in [4.69, 9.17) is 0 Å². The fourth-order valence-corrected chi connectivity index (χ4v) is 4.41. The van der Waals surface area contributed by atoms with Crippen LogP contribution in [-0.4, -0.2) is 32.5 Å². The summed E-state index contributed by atoms with van der Waals surface area (Å²) in [7, 11) is -3.16. The summed E-state index contributed by atoms with van der Waals surface area (Å²) in [4.78, 5) is 1.53. The Labute approximate surface area is 130 Å². The molecule has 0 N–H and O–H groups in total. The maximum Gasteiger partial charge on any atom is 0.418 e. The average molecular weight is 386 g/mol. The number of alkyl halides is 4. The maximum atomic E-state index is 13.2. The third kappa shape index (κ3) is 3.71. The SMILES string of the molecule is CC1CS(=O)(=O)CCN1c1ccc(CBr)cc1C(F)(F)F. The topological polar surface area (TPSA) is 37.4 Å². The Kier molecular flexibility index (Phi) is 4.58. The lowest BCUT2D eigenvalue weighted by Crippen LogP contribution is -2.47. The molecule has 0 aliphatic carbocycles. The Hall–Kier alpha value is -0.760. The molecule has 0 saturated carbocycles. The number of benzene rings is 1. The zero-order valence-electron chi connectivity index (χ0n) is 11.3. The quantitative estimate of drug-likeness (QED) is 0.733. The van der Waals surface area contributed by atoms with Crippen LogP contribution in [0.5, 0.6) is 0 Å². The van der Waals surface area contributed by atoms with E-state index >= 15 is 0 Å². The highest BCUT2D eigenvalue weighted by Gasteiger charge is 2.38. The third-order valence-corrected chi connectivity index (χ3v) is 5.94. The van der Waals surface area contributed by atoms with Crippen LogP contribution in [0.25, 0.3) is 0 Å². The molecule has 2 rings (SSSR count). The van der Waals surface area contributed by atoms with Crippen molar-refractivity contribution in [3.05, 3.63) is 29.3 Å². The van der Waals surface area contributed by atoms with Gasteiger partial charge in [0.15, 0.2) is 9.84 Å². The van der Waals surface area contributed by atoms with Gasteiger partial charge in [-0.3, -0.25) is 0 Å². The second kappa shape index (κ2) is 5.79. The molecular weight excluding hydrogens is 371 g/mol. The van der Waals surface area contributed by atoms with Crippen molar-refractivity contribution in [1.82, 2.24) is 0 Å². The standard InChI is InChI=1S/C13H15BrF3NO2S/c1-9-8-21(19,20)5-4-18(9)12-3-2-10(7-14)6-11(12)13(15,16)17/h2-3,6,9H,4-5,7-8H2,1H3. The summed E-state index contributed by atoms with van der Waals surface area (Å²) in [5, 5.41) is 0.334. The van der Waals surface area contributed by atoms with Crippen LogP contribution >= 0.6 is 15.9 Å². The van der Waals surface area contributed by atoms with Crippen molar-refractivity contribution < 1.29 is 21.6 Å². The molecule has 0 spiro atoms. The van der Waals surface area contributed by atoms with Gasteiger partial charge in [0.1, 0.15) is 0 Å². The van der Waals surface area contributed by atoms with E-state index in [9.17, 15) is 21.6 Å².